The highest BCUT2D eigenvalue weighted by molar-refractivity contribution is 5.99. The standard InChI is InChI=1S/C17H28N4O/c1-13(2)7-9-19-16-15(6-5-8-18-16)17(22)21-11-10-20(4)12-14(21)3/h5-6,8,13-14H,7,9-12H2,1-4H3,(H,18,19)/t14-/m1/s1. The molecule has 1 amide bonds. The lowest BCUT2D eigenvalue weighted by Gasteiger charge is -2.38. The van der Waals surface area contributed by atoms with Crippen molar-refractivity contribution in [3.63, 3.8) is 0 Å². The van der Waals surface area contributed by atoms with Crippen molar-refractivity contribution in [2.75, 3.05) is 38.5 Å². The van der Waals surface area contributed by atoms with E-state index in [1.807, 2.05) is 17.0 Å². The molecule has 1 fully saturated rings. The van der Waals surface area contributed by atoms with Crippen molar-refractivity contribution in [3.05, 3.63) is 23.9 Å². The van der Waals surface area contributed by atoms with Gasteiger partial charge in [-0.25, -0.2) is 4.98 Å². The molecule has 0 aromatic carbocycles. The molecular formula is C17H28N4O. The Morgan fingerprint density at radius 2 is 2.23 bits per heavy atom. The van der Waals surface area contributed by atoms with E-state index in [2.05, 4.69) is 43.0 Å². The molecule has 2 heterocycles. The third-order valence-electron chi connectivity index (χ3n) is 4.14. The predicted molar refractivity (Wildman–Crippen MR) is 90.2 cm³/mol. The van der Waals surface area contributed by atoms with E-state index in [1.54, 1.807) is 6.20 Å². The number of pyridine rings is 1. The zero-order valence-electron chi connectivity index (χ0n) is 14.2. The molecule has 1 aromatic rings. The first-order valence-electron chi connectivity index (χ1n) is 8.17. The molecule has 0 bridgehead atoms. The topological polar surface area (TPSA) is 48.5 Å². The van der Waals surface area contributed by atoms with Crippen LogP contribution in [-0.2, 0) is 0 Å². The minimum absolute atomic E-state index is 0.0840. The Bertz CT molecular complexity index is 503. The van der Waals surface area contributed by atoms with Crippen molar-refractivity contribution < 1.29 is 4.79 Å². The summed E-state index contributed by atoms with van der Waals surface area (Å²) < 4.78 is 0. The number of anilines is 1. The zero-order chi connectivity index (χ0) is 16.1. The maximum atomic E-state index is 12.9. The smallest absolute Gasteiger partial charge is 0.257 e. The normalized spacial score (nSPS) is 19.5. The van der Waals surface area contributed by atoms with Crippen LogP contribution in [0.4, 0.5) is 5.82 Å². The fraction of sp³-hybridized carbons (Fsp3) is 0.647. The van der Waals surface area contributed by atoms with Gasteiger partial charge in [-0.1, -0.05) is 13.8 Å². The second-order valence-corrected chi connectivity index (χ2v) is 6.62. The summed E-state index contributed by atoms with van der Waals surface area (Å²) >= 11 is 0. The van der Waals surface area contributed by atoms with Crippen LogP contribution in [0.2, 0.25) is 0 Å². The first kappa shape index (κ1) is 16.7. The molecule has 0 unspecified atom stereocenters. The van der Waals surface area contributed by atoms with Crippen LogP contribution in [0.25, 0.3) is 0 Å². The summed E-state index contributed by atoms with van der Waals surface area (Å²) in [6.07, 6.45) is 2.80. The molecule has 1 saturated heterocycles. The molecule has 1 aliphatic rings. The van der Waals surface area contributed by atoms with Crippen molar-refractivity contribution in [1.82, 2.24) is 14.8 Å². The maximum Gasteiger partial charge on any atom is 0.257 e. The number of aromatic nitrogens is 1. The number of nitrogens with one attached hydrogen (secondary N) is 1. The fourth-order valence-corrected chi connectivity index (χ4v) is 2.79. The van der Waals surface area contributed by atoms with Crippen LogP contribution in [-0.4, -0.2) is 60.0 Å². The molecule has 1 aliphatic heterocycles. The Morgan fingerprint density at radius 1 is 1.45 bits per heavy atom. The van der Waals surface area contributed by atoms with Gasteiger partial charge in [0.25, 0.3) is 5.91 Å². The van der Waals surface area contributed by atoms with Gasteiger partial charge in [0.05, 0.1) is 5.56 Å². The predicted octanol–water partition coefficient (Wildman–Crippen LogP) is 2.32. The minimum Gasteiger partial charge on any atom is -0.369 e. The highest BCUT2D eigenvalue weighted by Crippen LogP contribution is 2.18. The Balaban J connectivity index is 2.09. The highest BCUT2D eigenvalue weighted by Gasteiger charge is 2.28. The lowest BCUT2D eigenvalue weighted by atomic mass is 10.1. The summed E-state index contributed by atoms with van der Waals surface area (Å²) in [6, 6.07) is 3.94. The van der Waals surface area contributed by atoms with Crippen molar-refractivity contribution in [1.29, 1.82) is 0 Å². The number of rotatable bonds is 5. The van der Waals surface area contributed by atoms with E-state index >= 15 is 0 Å². The molecule has 122 valence electrons. The molecule has 0 saturated carbocycles. The Labute approximate surface area is 133 Å². The Hall–Kier alpha value is -1.62. The van der Waals surface area contributed by atoms with Gasteiger partial charge in [0, 0.05) is 38.4 Å². The van der Waals surface area contributed by atoms with E-state index in [9.17, 15) is 4.79 Å². The second kappa shape index (κ2) is 7.58. The summed E-state index contributed by atoms with van der Waals surface area (Å²) in [5, 5.41) is 3.32. The van der Waals surface area contributed by atoms with E-state index in [0.717, 1.165) is 32.6 Å². The third kappa shape index (κ3) is 4.19. The van der Waals surface area contributed by atoms with Gasteiger partial charge in [0.2, 0.25) is 0 Å². The molecule has 1 atom stereocenters. The van der Waals surface area contributed by atoms with E-state index in [4.69, 9.17) is 0 Å². The van der Waals surface area contributed by atoms with Gasteiger partial charge in [-0.2, -0.15) is 0 Å². The molecule has 0 radical (unpaired) electrons. The molecule has 2 rings (SSSR count). The number of hydrogen-bond donors (Lipinski definition) is 1. The van der Waals surface area contributed by atoms with Gasteiger partial charge in [-0.3, -0.25) is 4.79 Å². The molecule has 5 heteroatoms. The summed E-state index contributed by atoms with van der Waals surface area (Å²) in [5.41, 5.74) is 0.683. The van der Waals surface area contributed by atoms with Crippen LogP contribution in [0.15, 0.2) is 18.3 Å². The SMILES string of the molecule is CC(C)CCNc1ncccc1C(=O)N1CCN(C)C[C@H]1C. The van der Waals surface area contributed by atoms with Gasteiger partial charge >= 0.3 is 0 Å². The van der Waals surface area contributed by atoms with Crippen molar-refractivity contribution >= 4 is 11.7 Å². The van der Waals surface area contributed by atoms with E-state index in [-0.39, 0.29) is 11.9 Å². The first-order valence-corrected chi connectivity index (χ1v) is 8.17. The Kier molecular flexibility index (Phi) is 5.77. The largest absolute Gasteiger partial charge is 0.369 e. The quantitative estimate of drug-likeness (QED) is 0.907. The lowest BCUT2D eigenvalue weighted by Crippen LogP contribution is -2.52. The number of piperazine rings is 1. The van der Waals surface area contributed by atoms with E-state index < -0.39 is 0 Å². The lowest BCUT2D eigenvalue weighted by molar-refractivity contribution is 0.0534. The van der Waals surface area contributed by atoms with Gasteiger partial charge in [-0.15, -0.1) is 0 Å². The van der Waals surface area contributed by atoms with Gasteiger partial charge in [0.1, 0.15) is 5.82 Å². The number of hydrogen-bond acceptors (Lipinski definition) is 4. The summed E-state index contributed by atoms with van der Waals surface area (Å²) in [6.45, 7) is 9.95. The summed E-state index contributed by atoms with van der Waals surface area (Å²) in [5.74, 6) is 1.42. The molecule has 5 nitrogen and oxygen atoms in total. The van der Waals surface area contributed by atoms with Crippen LogP contribution in [0, 0.1) is 5.92 Å². The number of likely N-dealkylation sites (N-methyl/N-ethyl adjacent to an activating group) is 1. The molecular weight excluding hydrogens is 276 g/mol. The van der Waals surface area contributed by atoms with Crippen molar-refractivity contribution in [2.45, 2.75) is 33.2 Å². The zero-order valence-corrected chi connectivity index (χ0v) is 14.2. The van der Waals surface area contributed by atoms with E-state index in [0.29, 0.717) is 17.3 Å². The van der Waals surface area contributed by atoms with Gasteiger partial charge in [0.15, 0.2) is 0 Å². The maximum absolute atomic E-state index is 12.9. The van der Waals surface area contributed by atoms with Crippen LogP contribution in [0.3, 0.4) is 0 Å². The summed E-state index contributed by atoms with van der Waals surface area (Å²) in [7, 11) is 2.10. The second-order valence-electron chi connectivity index (χ2n) is 6.62. The average Bonchev–Trinajstić information content (AvgIpc) is 2.47. The number of amides is 1. The highest BCUT2D eigenvalue weighted by atomic mass is 16.2. The Morgan fingerprint density at radius 3 is 2.91 bits per heavy atom. The minimum atomic E-state index is 0.0840. The first-order chi connectivity index (χ1) is 10.5. The number of carbonyl (C=O) groups is 1. The third-order valence-corrected chi connectivity index (χ3v) is 4.14. The van der Waals surface area contributed by atoms with Gasteiger partial charge in [-0.05, 0) is 38.4 Å². The van der Waals surface area contributed by atoms with E-state index in [1.165, 1.54) is 0 Å². The van der Waals surface area contributed by atoms with Crippen molar-refractivity contribution in [3.8, 4) is 0 Å². The van der Waals surface area contributed by atoms with Crippen LogP contribution in [0.1, 0.15) is 37.6 Å². The number of nitrogens with zero attached hydrogens (tertiary/aromatic N) is 3. The molecule has 22 heavy (non-hydrogen) atoms. The molecule has 0 spiro atoms. The average molecular weight is 304 g/mol. The molecule has 1 N–H and O–H groups in total. The van der Waals surface area contributed by atoms with Crippen LogP contribution >= 0.6 is 0 Å². The summed E-state index contributed by atoms with van der Waals surface area (Å²) in [4.78, 5) is 21.5. The van der Waals surface area contributed by atoms with Crippen molar-refractivity contribution in [2.24, 2.45) is 5.92 Å². The number of carbonyl (C=O) groups excluding carboxylic acids is 1. The van der Waals surface area contributed by atoms with Crippen LogP contribution < -0.4 is 5.32 Å². The van der Waals surface area contributed by atoms with Gasteiger partial charge < -0.3 is 15.1 Å². The fourth-order valence-electron chi connectivity index (χ4n) is 2.79. The molecule has 0 aliphatic carbocycles. The van der Waals surface area contributed by atoms with Crippen LogP contribution in [0.5, 0.6) is 0 Å². The monoisotopic (exact) mass is 304 g/mol. The molecule has 1 aromatic heterocycles.